The summed E-state index contributed by atoms with van der Waals surface area (Å²) in [6.45, 7) is 7.43. The second kappa shape index (κ2) is 9.07. The third kappa shape index (κ3) is 4.05. The van der Waals surface area contributed by atoms with E-state index in [4.69, 9.17) is 0 Å². The van der Waals surface area contributed by atoms with Gasteiger partial charge < -0.3 is 0 Å². The number of H-pyrrole nitrogens is 1. The van der Waals surface area contributed by atoms with Crippen molar-refractivity contribution in [3.63, 3.8) is 0 Å². The summed E-state index contributed by atoms with van der Waals surface area (Å²) in [6, 6.07) is 11.9. The van der Waals surface area contributed by atoms with Crippen molar-refractivity contribution in [3.8, 4) is 22.6 Å². The molecule has 8 nitrogen and oxygen atoms in total. The van der Waals surface area contributed by atoms with E-state index < -0.39 is 0 Å². The highest BCUT2D eigenvalue weighted by molar-refractivity contribution is 5.78. The quantitative estimate of drug-likeness (QED) is 0.473. The van der Waals surface area contributed by atoms with Crippen LogP contribution >= 0.6 is 0 Å². The number of unbranched alkanes of at least 4 members (excludes halogenated alkanes) is 1. The minimum absolute atomic E-state index is 0.0534. The van der Waals surface area contributed by atoms with E-state index in [0.717, 1.165) is 53.0 Å². The van der Waals surface area contributed by atoms with Gasteiger partial charge in [-0.2, -0.15) is 5.21 Å². The molecule has 3 heterocycles. The summed E-state index contributed by atoms with van der Waals surface area (Å²) in [7, 11) is 0. The Kier molecular flexibility index (Phi) is 6.06. The molecule has 3 aromatic heterocycles. The maximum Gasteiger partial charge on any atom is 0.328 e. The Morgan fingerprint density at radius 3 is 2.48 bits per heavy atom. The number of tetrazole rings is 1. The topological polar surface area (TPSA) is 94.3 Å². The highest BCUT2D eigenvalue weighted by Gasteiger charge is 2.16. The Balaban J connectivity index is 1.65. The number of hydrogen-bond donors (Lipinski definition) is 1. The van der Waals surface area contributed by atoms with E-state index in [1.807, 2.05) is 65.6 Å². The van der Waals surface area contributed by atoms with Gasteiger partial charge in [-0.1, -0.05) is 43.7 Å². The van der Waals surface area contributed by atoms with E-state index in [2.05, 4.69) is 32.5 Å². The third-order valence-corrected chi connectivity index (χ3v) is 5.65. The molecule has 4 aromatic rings. The summed E-state index contributed by atoms with van der Waals surface area (Å²) in [5, 5.41) is 14.3. The van der Waals surface area contributed by atoms with E-state index in [1.54, 1.807) is 0 Å². The zero-order chi connectivity index (χ0) is 21.8. The molecule has 160 valence electrons. The van der Waals surface area contributed by atoms with Gasteiger partial charge in [0.15, 0.2) is 0 Å². The van der Waals surface area contributed by atoms with Gasteiger partial charge in [-0.15, -0.1) is 10.2 Å². The SMILES string of the molecule is CCCCc1c(C)n(CC)c(=O)n1Cc1ccc(-c2ccccc2-c2nn[nH]n2)nc1. The van der Waals surface area contributed by atoms with Crippen LogP contribution in [0.15, 0.2) is 47.4 Å². The largest absolute Gasteiger partial charge is 0.328 e. The van der Waals surface area contributed by atoms with E-state index in [0.29, 0.717) is 18.9 Å². The van der Waals surface area contributed by atoms with Crippen molar-refractivity contribution in [3.05, 3.63) is 70.0 Å². The third-order valence-electron chi connectivity index (χ3n) is 5.65. The smallest absolute Gasteiger partial charge is 0.297 e. The van der Waals surface area contributed by atoms with Crippen LogP contribution in [0.25, 0.3) is 22.6 Å². The van der Waals surface area contributed by atoms with E-state index >= 15 is 0 Å². The summed E-state index contributed by atoms with van der Waals surface area (Å²) >= 11 is 0. The maximum atomic E-state index is 13.0. The predicted octanol–water partition coefficient (Wildman–Crippen LogP) is 3.61. The van der Waals surface area contributed by atoms with Gasteiger partial charge in [-0.25, -0.2) is 4.79 Å². The first kappa shape index (κ1) is 20.7. The van der Waals surface area contributed by atoms with Crippen LogP contribution in [-0.4, -0.2) is 34.7 Å². The van der Waals surface area contributed by atoms with Gasteiger partial charge in [0.25, 0.3) is 0 Å². The second-order valence-electron chi connectivity index (χ2n) is 7.58. The lowest BCUT2D eigenvalue weighted by molar-refractivity contribution is 0.644. The highest BCUT2D eigenvalue weighted by Crippen LogP contribution is 2.28. The van der Waals surface area contributed by atoms with Crippen LogP contribution in [0.2, 0.25) is 0 Å². The maximum absolute atomic E-state index is 13.0. The Morgan fingerprint density at radius 2 is 1.84 bits per heavy atom. The number of benzene rings is 1. The van der Waals surface area contributed by atoms with Crippen molar-refractivity contribution >= 4 is 0 Å². The molecule has 0 aliphatic rings. The summed E-state index contributed by atoms with van der Waals surface area (Å²) in [4.78, 5) is 17.6. The first-order valence-corrected chi connectivity index (χ1v) is 10.7. The van der Waals surface area contributed by atoms with Crippen molar-refractivity contribution in [2.45, 2.75) is 53.1 Å². The molecule has 0 aliphatic heterocycles. The minimum Gasteiger partial charge on any atom is -0.297 e. The number of aromatic amines is 1. The van der Waals surface area contributed by atoms with Crippen LogP contribution in [0.3, 0.4) is 0 Å². The van der Waals surface area contributed by atoms with Gasteiger partial charge in [0, 0.05) is 35.3 Å². The number of aromatic nitrogens is 7. The fourth-order valence-corrected chi connectivity index (χ4v) is 3.99. The van der Waals surface area contributed by atoms with Crippen LogP contribution in [0.5, 0.6) is 0 Å². The number of pyridine rings is 1. The van der Waals surface area contributed by atoms with Crippen molar-refractivity contribution in [2.75, 3.05) is 0 Å². The molecule has 0 fully saturated rings. The molecular formula is C23H27N7O. The van der Waals surface area contributed by atoms with Gasteiger partial charge >= 0.3 is 5.69 Å². The molecule has 0 spiro atoms. The molecule has 0 atom stereocenters. The van der Waals surface area contributed by atoms with Crippen LogP contribution in [-0.2, 0) is 19.5 Å². The Morgan fingerprint density at radius 1 is 1.03 bits per heavy atom. The number of rotatable bonds is 8. The molecule has 0 aliphatic carbocycles. The average molecular weight is 418 g/mol. The summed E-state index contributed by atoms with van der Waals surface area (Å²) in [6.07, 6.45) is 4.92. The van der Waals surface area contributed by atoms with Gasteiger partial charge in [-0.3, -0.25) is 14.1 Å². The monoisotopic (exact) mass is 417 g/mol. The van der Waals surface area contributed by atoms with E-state index in [9.17, 15) is 4.79 Å². The molecule has 1 aromatic carbocycles. The lowest BCUT2D eigenvalue weighted by atomic mass is 10.0. The molecule has 31 heavy (non-hydrogen) atoms. The van der Waals surface area contributed by atoms with Gasteiger partial charge in [0.05, 0.1) is 12.2 Å². The molecule has 1 N–H and O–H groups in total. The molecule has 0 saturated heterocycles. The molecule has 0 saturated carbocycles. The fraction of sp³-hybridized carbons (Fsp3) is 0.348. The Labute approximate surface area is 181 Å². The molecule has 0 unspecified atom stereocenters. The normalized spacial score (nSPS) is 11.2. The fourth-order valence-electron chi connectivity index (χ4n) is 3.99. The van der Waals surface area contributed by atoms with Crippen LogP contribution < -0.4 is 5.69 Å². The van der Waals surface area contributed by atoms with Crippen LogP contribution in [0.4, 0.5) is 0 Å². The average Bonchev–Trinajstić information content (AvgIpc) is 3.41. The van der Waals surface area contributed by atoms with Gasteiger partial charge in [0.2, 0.25) is 5.82 Å². The lowest BCUT2D eigenvalue weighted by Crippen LogP contribution is -2.25. The standard InChI is InChI=1S/C23H27N7O/c1-4-6-11-21-16(3)29(5-2)23(31)30(21)15-17-12-13-20(24-14-17)18-9-7-8-10-19(18)22-25-27-28-26-22/h7-10,12-14H,4-6,11,15H2,1-3H3,(H,25,26,27,28). The Bertz CT molecular complexity index is 1200. The molecule has 8 heteroatoms. The lowest BCUT2D eigenvalue weighted by Gasteiger charge is -2.10. The summed E-state index contributed by atoms with van der Waals surface area (Å²) < 4.78 is 3.76. The first-order chi connectivity index (χ1) is 15.1. The predicted molar refractivity (Wildman–Crippen MR) is 120 cm³/mol. The van der Waals surface area contributed by atoms with Gasteiger partial charge in [-0.05, 0) is 43.5 Å². The highest BCUT2D eigenvalue weighted by atomic mass is 16.1. The van der Waals surface area contributed by atoms with Crippen LogP contribution in [0.1, 0.15) is 43.6 Å². The zero-order valence-electron chi connectivity index (χ0n) is 18.2. The van der Waals surface area contributed by atoms with Crippen molar-refractivity contribution in [1.29, 1.82) is 0 Å². The summed E-state index contributed by atoms with van der Waals surface area (Å²) in [5.74, 6) is 0.532. The molecule has 0 radical (unpaired) electrons. The molecular weight excluding hydrogens is 390 g/mol. The second-order valence-corrected chi connectivity index (χ2v) is 7.58. The number of imidazole rings is 1. The number of nitrogens with zero attached hydrogens (tertiary/aromatic N) is 6. The van der Waals surface area contributed by atoms with Crippen molar-refractivity contribution in [1.82, 2.24) is 34.7 Å². The van der Waals surface area contributed by atoms with E-state index in [-0.39, 0.29) is 5.69 Å². The van der Waals surface area contributed by atoms with E-state index in [1.165, 1.54) is 0 Å². The molecule has 0 bridgehead atoms. The van der Waals surface area contributed by atoms with Gasteiger partial charge in [0.1, 0.15) is 0 Å². The van der Waals surface area contributed by atoms with Crippen molar-refractivity contribution in [2.24, 2.45) is 0 Å². The zero-order valence-corrected chi connectivity index (χ0v) is 18.2. The molecule has 4 rings (SSSR count). The number of nitrogens with one attached hydrogen (secondary N) is 1. The van der Waals surface area contributed by atoms with Crippen molar-refractivity contribution < 1.29 is 0 Å². The summed E-state index contributed by atoms with van der Waals surface area (Å²) in [5.41, 5.74) is 5.87. The minimum atomic E-state index is 0.0534. The Hall–Kier alpha value is -3.55. The molecule has 0 amide bonds. The first-order valence-electron chi connectivity index (χ1n) is 10.7. The van der Waals surface area contributed by atoms with Crippen LogP contribution in [0, 0.1) is 6.92 Å². The number of hydrogen-bond acceptors (Lipinski definition) is 5.